The molecule has 1 aromatic carbocycles. The molecule has 5 aliphatic rings. The highest BCUT2D eigenvalue weighted by atomic mass is 32.2. The molecule has 13 nitrogen and oxygen atoms in total. The van der Waals surface area contributed by atoms with Crippen LogP contribution in [0.15, 0.2) is 42.6 Å². The van der Waals surface area contributed by atoms with Gasteiger partial charge >= 0.3 is 6.09 Å². The fourth-order valence-electron chi connectivity index (χ4n) is 8.12. The third-order valence-corrected chi connectivity index (χ3v) is 13.4. The molecule has 52 heavy (non-hydrogen) atoms. The Labute approximate surface area is 302 Å². The molecular weight excluding hydrogens is 693 g/mol. The highest BCUT2D eigenvalue weighted by Crippen LogP contribution is 2.47. The van der Waals surface area contributed by atoms with Crippen LogP contribution in [0, 0.1) is 23.6 Å². The lowest BCUT2D eigenvalue weighted by molar-refractivity contribution is -0.145. The SMILES string of the molecule is C[C@@H]1CCC=C[C@@H]2C[C@@]2(C(=O)NS(=O)(=O)C2CC2)NC(=O)[C@@H]2C[C@@H](Oc3nccc4ccc(F)cc34)CN2C(=O)[C@@H](N(C(=O)O)C2(C)CC2)[C@H](C)C1. The van der Waals surface area contributed by atoms with Crippen molar-refractivity contribution in [3.63, 3.8) is 0 Å². The first-order chi connectivity index (χ1) is 24.6. The fourth-order valence-corrected chi connectivity index (χ4v) is 9.48. The molecule has 1 saturated heterocycles. The molecule has 0 bridgehead atoms. The van der Waals surface area contributed by atoms with Crippen molar-refractivity contribution in [3.8, 4) is 5.88 Å². The van der Waals surface area contributed by atoms with Crippen molar-refractivity contribution in [1.29, 1.82) is 0 Å². The van der Waals surface area contributed by atoms with Gasteiger partial charge in [0.1, 0.15) is 29.5 Å². The summed E-state index contributed by atoms with van der Waals surface area (Å²) in [4.78, 5) is 63.0. The van der Waals surface area contributed by atoms with E-state index < -0.39 is 86.0 Å². The molecule has 4 amide bonds. The third kappa shape index (κ3) is 6.95. The van der Waals surface area contributed by atoms with E-state index in [0.29, 0.717) is 49.3 Å². The first-order valence-electron chi connectivity index (χ1n) is 18.2. The van der Waals surface area contributed by atoms with Gasteiger partial charge in [-0.25, -0.2) is 22.6 Å². The molecule has 280 valence electrons. The number of sulfonamides is 1. The van der Waals surface area contributed by atoms with Gasteiger partial charge in [0.15, 0.2) is 0 Å². The molecule has 0 unspecified atom stereocenters. The first kappa shape index (κ1) is 36.1. The summed E-state index contributed by atoms with van der Waals surface area (Å²) in [5.74, 6) is -3.20. The van der Waals surface area contributed by atoms with Crippen molar-refractivity contribution in [1.82, 2.24) is 24.8 Å². The highest BCUT2D eigenvalue weighted by Gasteiger charge is 2.62. The molecule has 4 fully saturated rings. The monoisotopic (exact) mass is 739 g/mol. The van der Waals surface area contributed by atoms with Crippen molar-refractivity contribution in [2.24, 2.45) is 17.8 Å². The lowest BCUT2D eigenvalue weighted by Gasteiger charge is -2.40. The van der Waals surface area contributed by atoms with Crippen molar-refractivity contribution < 1.29 is 41.8 Å². The first-order valence-corrected chi connectivity index (χ1v) is 19.7. The summed E-state index contributed by atoms with van der Waals surface area (Å²) in [6.45, 7) is 5.64. The molecule has 3 saturated carbocycles. The number of pyridine rings is 1. The average Bonchev–Trinajstić information content (AvgIpc) is 4.01. The normalized spacial score (nSPS) is 31.7. The molecule has 3 N–H and O–H groups in total. The Kier molecular flexibility index (Phi) is 9.23. The zero-order valence-electron chi connectivity index (χ0n) is 29.6. The number of halogens is 1. The number of aromatic nitrogens is 1. The predicted octanol–water partition coefficient (Wildman–Crippen LogP) is 4.12. The van der Waals surface area contributed by atoms with Gasteiger partial charge in [-0.3, -0.25) is 24.0 Å². The summed E-state index contributed by atoms with van der Waals surface area (Å²) in [5.41, 5.74) is -2.29. The number of hydrogen-bond donors (Lipinski definition) is 3. The molecule has 7 atom stereocenters. The summed E-state index contributed by atoms with van der Waals surface area (Å²) in [6, 6.07) is 3.61. The van der Waals surface area contributed by atoms with Crippen LogP contribution in [0.4, 0.5) is 9.18 Å². The molecule has 2 aromatic rings. The van der Waals surface area contributed by atoms with Gasteiger partial charge in [0, 0.05) is 29.5 Å². The summed E-state index contributed by atoms with van der Waals surface area (Å²) >= 11 is 0. The number of nitrogens with zero attached hydrogens (tertiary/aromatic N) is 3. The fraction of sp³-hybridized carbons (Fsp3) is 0.595. The van der Waals surface area contributed by atoms with Crippen LogP contribution in [0.25, 0.3) is 10.8 Å². The van der Waals surface area contributed by atoms with E-state index in [1.807, 2.05) is 26.0 Å². The number of amides is 4. The smallest absolute Gasteiger partial charge is 0.408 e. The van der Waals surface area contributed by atoms with E-state index in [2.05, 4.69) is 21.9 Å². The molecule has 0 radical (unpaired) electrons. The minimum absolute atomic E-state index is 0.0363. The van der Waals surface area contributed by atoms with Crippen molar-refractivity contribution in [2.75, 3.05) is 6.54 Å². The van der Waals surface area contributed by atoms with Crippen LogP contribution in [-0.2, 0) is 24.4 Å². The van der Waals surface area contributed by atoms with E-state index in [1.54, 1.807) is 12.1 Å². The molecule has 7 rings (SSSR count). The van der Waals surface area contributed by atoms with E-state index in [1.165, 1.54) is 28.1 Å². The molecule has 0 spiro atoms. The summed E-state index contributed by atoms with van der Waals surface area (Å²) in [7, 11) is -3.92. The van der Waals surface area contributed by atoms with E-state index in [0.717, 1.165) is 6.42 Å². The summed E-state index contributed by atoms with van der Waals surface area (Å²) in [6.07, 6.45) is 7.44. The molecule has 15 heteroatoms. The Morgan fingerprint density at radius 1 is 1.13 bits per heavy atom. The zero-order valence-corrected chi connectivity index (χ0v) is 30.4. The Bertz CT molecular complexity index is 1930. The van der Waals surface area contributed by atoms with Gasteiger partial charge < -0.3 is 20.1 Å². The number of fused-ring (bicyclic) bond motifs is 3. The highest BCUT2D eigenvalue weighted by molar-refractivity contribution is 7.91. The van der Waals surface area contributed by atoms with Crippen LogP contribution < -0.4 is 14.8 Å². The minimum atomic E-state index is -3.92. The molecular formula is C37H46FN5O8S. The van der Waals surface area contributed by atoms with Crippen molar-refractivity contribution >= 4 is 44.6 Å². The van der Waals surface area contributed by atoms with Crippen LogP contribution in [0.3, 0.4) is 0 Å². The van der Waals surface area contributed by atoms with E-state index >= 15 is 0 Å². The van der Waals surface area contributed by atoms with E-state index in [4.69, 9.17) is 4.74 Å². The Balaban J connectivity index is 1.26. The number of benzene rings is 1. The number of hydrogen-bond acceptors (Lipinski definition) is 8. The van der Waals surface area contributed by atoms with Gasteiger partial charge in [-0.1, -0.05) is 32.1 Å². The van der Waals surface area contributed by atoms with Crippen LogP contribution >= 0.6 is 0 Å². The number of nitrogens with one attached hydrogen (secondary N) is 2. The van der Waals surface area contributed by atoms with Gasteiger partial charge in [-0.05, 0) is 93.7 Å². The molecule has 3 heterocycles. The Hall–Kier alpha value is -4.27. The molecule has 1 aromatic heterocycles. The lowest BCUT2D eigenvalue weighted by atomic mass is 9.86. The topological polar surface area (TPSA) is 175 Å². The van der Waals surface area contributed by atoms with Gasteiger partial charge in [-0.15, -0.1) is 0 Å². The Morgan fingerprint density at radius 3 is 2.58 bits per heavy atom. The van der Waals surface area contributed by atoms with Gasteiger partial charge in [-0.2, -0.15) is 0 Å². The molecule has 2 aliphatic heterocycles. The maximum Gasteiger partial charge on any atom is 0.408 e. The second kappa shape index (κ2) is 13.3. The second-order valence-electron chi connectivity index (χ2n) is 15.8. The third-order valence-electron chi connectivity index (χ3n) is 11.6. The van der Waals surface area contributed by atoms with Gasteiger partial charge in [0.25, 0.3) is 5.91 Å². The second-order valence-corrected chi connectivity index (χ2v) is 17.8. The lowest BCUT2D eigenvalue weighted by Crippen LogP contribution is -2.61. The average molecular weight is 740 g/mol. The Morgan fingerprint density at radius 2 is 1.88 bits per heavy atom. The number of allylic oxidation sites excluding steroid dienone is 1. The summed E-state index contributed by atoms with van der Waals surface area (Å²) in [5, 5.41) is 13.8. The number of carboxylic acid groups (broad SMARTS) is 1. The van der Waals surface area contributed by atoms with Crippen LogP contribution in [0.1, 0.15) is 78.6 Å². The van der Waals surface area contributed by atoms with Crippen LogP contribution in [-0.4, -0.2) is 93.2 Å². The quantitative estimate of drug-likeness (QED) is 0.353. The van der Waals surface area contributed by atoms with Gasteiger partial charge in [0.2, 0.25) is 27.7 Å². The van der Waals surface area contributed by atoms with Crippen LogP contribution in [0.2, 0.25) is 0 Å². The maximum atomic E-state index is 14.9. The largest absolute Gasteiger partial charge is 0.472 e. The standard InChI is InChI=1S/C37H46FN5O8S/c1-21-6-4-5-7-24-19-37(24,34(46)41-52(49,50)27-10-11-27)40-31(44)29-18-26(51-32-28-17-25(38)9-8-23(28)12-15-39-32)20-42(29)33(45)30(22(2)16-21)43(35(47)48)36(3)13-14-36/h5,7-9,12,15,17,21-22,24,26-27,29-30H,4,6,10-11,13-14,16,18-20H2,1-3H3,(H,40,44)(H,41,46)(H,47,48)/t21-,22-,24-,26-,29+,30+,37-/m1/s1. The minimum Gasteiger partial charge on any atom is -0.472 e. The predicted molar refractivity (Wildman–Crippen MR) is 188 cm³/mol. The zero-order chi connectivity index (χ0) is 37.2. The number of carbonyl (C=O) groups is 4. The molecule has 3 aliphatic carbocycles. The summed E-state index contributed by atoms with van der Waals surface area (Å²) < 4.78 is 48.5. The van der Waals surface area contributed by atoms with E-state index in [-0.39, 0.29) is 31.2 Å². The maximum absolute atomic E-state index is 14.9. The number of carbonyl (C=O) groups excluding carboxylic acids is 3. The number of ether oxygens (including phenoxy) is 1. The van der Waals surface area contributed by atoms with Gasteiger partial charge in [0.05, 0.1) is 11.8 Å². The van der Waals surface area contributed by atoms with Crippen molar-refractivity contribution in [3.05, 3.63) is 48.4 Å². The number of rotatable bonds is 7. The van der Waals surface area contributed by atoms with Crippen LogP contribution in [0.5, 0.6) is 5.88 Å². The van der Waals surface area contributed by atoms with E-state index in [9.17, 15) is 37.1 Å². The van der Waals surface area contributed by atoms with Crippen molar-refractivity contribution in [2.45, 2.75) is 113 Å².